The van der Waals surface area contributed by atoms with Crippen molar-refractivity contribution in [3.05, 3.63) is 35.1 Å². The van der Waals surface area contributed by atoms with Crippen LogP contribution in [0.1, 0.15) is 54.8 Å². The summed E-state index contributed by atoms with van der Waals surface area (Å²) in [5, 5.41) is 13.1. The van der Waals surface area contributed by atoms with E-state index in [1.165, 1.54) is 5.56 Å². The Labute approximate surface area is 173 Å². The molecule has 1 aliphatic heterocycles. The van der Waals surface area contributed by atoms with Crippen molar-refractivity contribution in [3.63, 3.8) is 0 Å². The monoisotopic (exact) mass is 412 g/mol. The summed E-state index contributed by atoms with van der Waals surface area (Å²) in [5.41, 5.74) is 1.24. The number of hydrogen-bond donors (Lipinski definition) is 2. The molecule has 0 saturated carbocycles. The predicted octanol–water partition coefficient (Wildman–Crippen LogP) is 2.92. The van der Waals surface area contributed by atoms with E-state index in [9.17, 15) is 24.3 Å². The molecule has 2 N–H and O–H groups in total. The zero-order valence-electron chi connectivity index (χ0n) is 17.0. The van der Waals surface area contributed by atoms with Crippen LogP contribution in [0.3, 0.4) is 0 Å². The highest BCUT2D eigenvalue weighted by atomic mass is 16.4. The molecule has 0 radical (unpaired) electrons. The summed E-state index contributed by atoms with van der Waals surface area (Å²) in [4.78, 5) is 49.7. The second-order valence-corrected chi connectivity index (χ2v) is 8.53. The zero-order valence-corrected chi connectivity index (χ0v) is 17.0. The van der Waals surface area contributed by atoms with E-state index in [2.05, 4.69) is 5.32 Å². The smallest absolute Gasteiger partial charge is 0.325 e. The first-order valence-electron chi connectivity index (χ1n) is 10.1. The Morgan fingerprint density at radius 1 is 1.27 bits per heavy atom. The van der Waals surface area contributed by atoms with Crippen LogP contribution in [-0.4, -0.2) is 45.8 Å². The normalized spacial score (nSPS) is 18.5. The first kappa shape index (κ1) is 20.1. The maximum absolute atomic E-state index is 12.7. The molecule has 0 unspecified atom stereocenters. The second kappa shape index (κ2) is 7.27. The number of amides is 3. The maximum atomic E-state index is 12.7. The zero-order chi connectivity index (χ0) is 21.6. The molecule has 0 bridgehead atoms. The van der Waals surface area contributed by atoms with Gasteiger partial charge in [0.15, 0.2) is 5.78 Å². The lowest BCUT2D eigenvalue weighted by Gasteiger charge is -2.18. The van der Waals surface area contributed by atoms with E-state index in [-0.39, 0.29) is 25.2 Å². The van der Waals surface area contributed by atoms with Crippen LogP contribution in [0.4, 0.5) is 4.79 Å². The highest BCUT2D eigenvalue weighted by Crippen LogP contribution is 2.33. The van der Waals surface area contributed by atoms with Crippen LogP contribution in [-0.2, 0) is 22.4 Å². The van der Waals surface area contributed by atoms with E-state index >= 15 is 0 Å². The van der Waals surface area contributed by atoms with E-state index in [4.69, 9.17) is 4.42 Å². The Bertz CT molecular complexity index is 1070. The molecule has 4 rings (SSSR count). The molecule has 1 saturated heterocycles. The average Bonchev–Trinajstić information content (AvgIpc) is 3.31. The van der Waals surface area contributed by atoms with Gasteiger partial charge in [0.1, 0.15) is 16.9 Å². The molecule has 158 valence electrons. The minimum Gasteiger partial charge on any atom is -0.481 e. The standard InChI is InChI=1S/C22H24N2O6/c1-22(2)20(28)24(21(29)23-22)9-8-13(19(26)27)10-16(25)12-6-7-15-14-4-3-5-17(14)30-18(15)11-12/h6-7,11,13H,3-5,8-10H2,1-2H3,(H,23,29)(H,26,27)/t13-/m0/s1. The van der Waals surface area contributed by atoms with Crippen molar-refractivity contribution >= 4 is 34.7 Å². The molecule has 1 aromatic carbocycles. The number of ketones is 1. The number of fused-ring (bicyclic) bond motifs is 3. The number of carboxylic acids is 1. The van der Waals surface area contributed by atoms with Gasteiger partial charge in [0, 0.05) is 35.9 Å². The molecule has 1 atom stereocenters. The predicted molar refractivity (Wildman–Crippen MR) is 107 cm³/mol. The fraction of sp³-hybridized carbons (Fsp3) is 0.455. The topological polar surface area (TPSA) is 117 Å². The number of carbonyl (C=O) groups excluding carboxylic acids is 3. The summed E-state index contributed by atoms with van der Waals surface area (Å²) in [7, 11) is 0. The second-order valence-electron chi connectivity index (χ2n) is 8.53. The molecule has 30 heavy (non-hydrogen) atoms. The Hall–Kier alpha value is -3.16. The molecule has 0 spiro atoms. The van der Waals surface area contributed by atoms with Crippen LogP contribution < -0.4 is 5.32 Å². The van der Waals surface area contributed by atoms with Crippen molar-refractivity contribution in [1.29, 1.82) is 0 Å². The van der Waals surface area contributed by atoms with Gasteiger partial charge < -0.3 is 14.8 Å². The van der Waals surface area contributed by atoms with E-state index in [1.54, 1.807) is 26.0 Å². The Morgan fingerprint density at radius 2 is 2.03 bits per heavy atom. The average molecular weight is 412 g/mol. The van der Waals surface area contributed by atoms with Crippen molar-refractivity contribution in [2.75, 3.05) is 6.54 Å². The SMILES string of the molecule is CC1(C)NC(=O)N(CC[C@@H](CC(=O)c2ccc3c4c(oc3c2)CCC4)C(=O)O)C1=O. The van der Waals surface area contributed by atoms with Crippen molar-refractivity contribution in [1.82, 2.24) is 10.2 Å². The third-order valence-electron chi connectivity index (χ3n) is 5.96. The lowest BCUT2D eigenvalue weighted by atomic mass is 9.94. The van der Waals surface area contributed by atoms with Gasteiger partial charge in [-0.15, -0.1) is 0 Å². The number of aliphatic carboxylic acids is 1. The minimum atomic E-state index is -1.13. The quantitative estimate of drug-likeness (QED) is 0.533. The third-order valence-corrected chi connectivity index (χ3v) is 5.96. The molecule has 3 amide bonds. The molecule has 8 heteroatoms. The number of furan rings is 1. The number of imide groups is 1. The van der Waals surface area contributed by atoms with Crippen LogP contribution in [0.2, 0.25) is 0 Å². The van der Waals surface area contributed by atoms with Gasteiger partial charge in [-0.05, 0) is 39.2 Å². The summed E-state index contributed by atoms with van der Waals surface area (Å²) >= 11 is 0. The van der Waals surface area contributed by atoms with Crippen LogP contribution >= 0.6 is 0 Å². The Kier molecular flexibility index (Phi) is 4.88. The van der Waals surface area contributed by atoms with Gasteiger partial charge in [-0.25, -0.2) is 4.79 Å². The summed E-state index contributed by atoms with van der Waals surface area (Å²) < 4.78 is 5.85. The summed E-state index contributed by atoms with van der Waals surface area (Å²) in [6.07, 6.45) is 2.73. The molecular weight excluding hydrogens is 388 g/mol. The number of benzene rings is 1. The minimum absolute atomic E-state index is 0.00755. The number of aryl methyl sites for hydroxylation is 2. The van der Waals surface area contributed by atoms with E-state index in [0.29, 0.717) is 11.1 Å². The van der Waals surface area contributed by atoms with Crippen LogP contribution in [0.5, 0.6) is 0 Å². The molecule has 1 fully saturated rings. The molecule has 1 aromatic heterocycles. The number of Topliss-reactive ketones (excluding diaryl/α,β-unsaturated/α-hetero) is 1. The Morgan fingerprint density at radius 3 is 2.70 bits per heavy atom. The number of rotatable bonds is 7. The number of carbonyl (C=O) groups is 4. The first-order chi connectivity index (χ1) is 14.2. The van der Waals surface area contributed by atoms with E-state index in [0.717, 1.165) is 35.3 Å². The molecule has 2 aliphatic rings. The molecule has 2 heterocycles. The van der Waals surface area contributed by atoms with Crippen LogP contribution in [0.25, 0.3) is 11.0 Å². The van der Waals surface area contributed by atoms with Crippen molar-refractivity contribution in [3.8, 4) is 0 Å². The van der Waals surface area contributed by atoms with Gasteiger partial charge in [0.05, 0.1) is 5.92 Å². The molecule has 1 aliphatic carbocycles. The van der Waals surface area contributed by atoms with E-state index < -0.39 is 29.4 Å². The summed E-state index contributed by atoms with van der Waals surface area (Å²) in [6, 6.07) is 4.70. The fourth-order valence-electron chi connectivity index (χ4n) is 4.24. The van der Waals surface area contributed by atoms with Crippen LogP contribution in [0.15, 0.2) is 22.6 Å². The van der Waals surface area contributed by atoms with Gasteiger partial charge in [0.25, 0.3) is 5.91 Å². The number of nitrogens with one attached hydrogen (secondary N) is 1. The molecule has 8 nitrogen and oxygen atoms in total. The van der Waals surface area contributed by atoms with Crippen molar-refractivity contribution < 1.29 is 28.7 Å². The van der Waals surface area contributed by atoms with Gasteiger partial charge in [-0.3, -0.25) is 19.3 Å². The third kappa shape index (κ3) is 3.46. The number of nitrogens with zero attached hydrogens (tertiary/aromatic N) is 1. The number of urea groups is 1. The number of carboxylic acid groups (broad SMARTS) is 1. The first-order valence-corrected chi connectivity index (χ1v) is 10.1. The van der Waals surface area contributed by atoms with Gasteiger partial charge in [-0.2, -0.15) is 0 Å². The molecular formula is C22H24N2O6. The lowest BCUT2D eigenvalue weighted by molar-refractivity contribution is -0.142. The summed E-state index contributed by atoms with van der Waals surface area (Å²) in [6.45, 7) is 3.13. The largest absolute Gasteiger partial charge is 0.481 e. The van der Waals surface area contributed by atoms with E-state index in [1.807, 2.05) is 6.07 Å². The molecule has 2 aromatic rings. The highest BCUT2D eigenvalue weighted by molar-refractivity contribution is 6.06. The van der Waals surface area contributed by atoms with Crippen molar-refractivity contribution in [2.45, 2.75) is 51.5 Å². The summed E-state index contributed by atoms with van der Waals surface area (Å²) in [5.74, 6) is -1.88. The lowest BCUT2D eigenvalue weighted by Crippen LogP contribution is -2.40. The maximum Gasteiger partial charge on any atom is 0.325 e. The number of hydrogen-bond acceptors (Lipinski definition) is 5. The van der Waals surface area contributed by atoms with Gasteiger partial charge in [0.2, 0.25) is 0 Å². The fourth-order valence-corrected chi connectivity index (χ4v) is 4.24. The Balaban J connectivity index is 1.45. The van der Waals surface area contributed by atoms with Crippen LogP contribution in [0, 0.1) is 5.92 Å². The van der Waals surface area contributed by atoms with Crippen molar-refractivity contribution in [2.24, 2.45) is 5.92 Å². The van der Waals surface area contributed by atoms with Gasteiger partial charge in [-0.1, -0.05) is 12.1 Å². The highest BCUT2D eigenvalue weighted by Gasteiger charge is 2.44. The van der Waals surface area contributed by atoms with Gasteiger partial charge >= 0.3 is 12.0 Å².